The Hall–Kier alpha value is -1.46. The maximum Gasteiger partial charge on any atom is 0.169 e. The Kier molecular flexibility index (Phi) is 5.85. The summed E-state index contributed by atoms with van der Waals surface area (Å²) in [7, 11) is 0. The van der Waals surface area contributed by atoms with E-state index in [1.54, 1.807) is 18.3 Å². The summed E-state index contributed by atoms with van der Waals surface area (Å²) in [5.41, 5.74) is 1.27. The van der Waals surface area contributed by atoms with Gasteiger partial charge >= 0.3 is 0 Å². The van der Waals surface area contributed by atoms with E-state index in [2.05, 4.69) is 39.0 Å². The first-order chi connectivity index (χ1) is 11.7. The molecule has 24 heavy (non-hydrogen) atoms. The molecule has 2 aromatic heterocycles. The molecule has 130 valence electrons. The van der Waals surface area contributed by atoms with Gasteiger partial charge in [-0.25, -0.2) is 4.98 Å². The molecule has 0 bridgehead atoms. The van der Waals surface area contributed by atoms with Crippen molar-refractivity contribution in [3.8, 4) is 0 Å². The summed E-state index contributed by atoms with van der Waals surface area (Å²) in [6.45, 7) is 8.14. The Morgan fingerprint density at radius 1 is 1.38 bits per heavy atom. The summed E-state index contributed by atoms with van der Waals surface area (Å²) in [5, 5.41) is 2.13. The molecule has 3 heterocycles. The third-order valence-electron chi connectivity index (χ3n) is 4.86. The lowest BCUT2D eigenvalue weighted by Crippen LogP contribution is -2.33. The van der Waals surface area contributed by atoms with Gasteiger partial charge in [-0.1, -0.05) is 13.3 Å². The van der Waals surface area contributed by atoms with Crippen LogP contribution in [0.1, 0.15) is 66.5 Å². The fourth-order valence-electron chi connectivity index (χ4n) is 3.45. The van der Waals surface area contributed by atoms with Crippen LogP contribution >= 0.6 is 11.3 Å². The largest absolute Gasteiger partial charge is 0.335 e. The number of ketones is 1. The lowest BCUT2D eigenvalue weighted by Gasteiger charge is -2.31. The van der Waals surface area contributed by atoms with E-state index >= 15 is 0 Å². The van der Waals surface area contributed by atoms with Crippen molar-refractivity contribution < 1.29 is 4.79 Å². The number of aromatic nitrogens is 2. The number of likely N-dealkylation sites (tertiary alicyclic amines) is 1. The predicted octanol–water partition coefficient (Wildman–Crippen LogP) is 4.33. The highest BCUT2D eigenvalue weighted by Gasteiger charge is 2.24. The molecule has 2 aromatic rings. The number of hydrogen-bond donors (Lipinski definition) is 0. The number of carbonyl (C=O) groups excluding carboxylic acids is 1. The minimum Gasteiger partial charge on any atom is -0.335 e. The van der Waals surface area contributed by atoms with Crippen molar-refractivity contribution in [1.29, 1.82) is 0 Å². The van der Waals surface area contributed by atoms with Crippen molar-refractivity contribution in [2.75, 3.05) is 13.1 Å². The van der Waals surface area contributed by atoms with E-state index in [4.69, 9.17) is 0 Å². The number of thiophene rings is 1. The number of nitrogens with zero attached hydrogens (tertiary/aromatic N) is 3. The Morgan fingerprint density at radius 3 is 2.83 bits per heavy atom. The first-order valence-electron chi connectivity index (χ1n) is 8.99. The molecule has 1 aliphatic heterocycles. The highest BCUT2D eigenvalue weighted by molar-refractivity contribution is 7.12. The van der Waals surface area contributed by atoms with Gasteiger partial charge in [-0.05, 0) is 56.3 Å². The smallest absolute Gasteiger partial charge is 0.169 e. The standard InChI is InChI=1S/C19H27N3OS/c1-3-4-8-22-11-7-20-19(22)17-5-9-21(10-6-17)13-16-12-18(15(2)23)24-14-16/h7,11-12,14,17H,3-6,8-10,13H2,1-2H3. The van der Waals surface area contributed by atoms with E-state index in [1.165, 1.54) is 37.1 Å². The average Bonchev–Trinajstić information content (AvgIpc) is 3.23. The zero-order chi connectivity index (χ0) is 16.9. The van der Waals surface area contributed by atoms with E-state index in [9.17, 15) is 4.79 Å². The fraction of sp³-hybridized carbons (Fsp3) is 0.579. The van der Waals surface area contributed by atoms with E-state index in [1.807, 2.05) is 6.20 Å². The van der Waals surface area contributed by atoms with Crippen LogP contribution < -0.4 is 0 Å². The molecule has 0 saturated carbocycles. The lowest BCUT2D eigenvalue weighted by atomic mass is 9.95. The van der Waals surface area contributed by atoms with Crippen LogP contribution in [0.5, 0.6) is 0 Å². The van der Waals surface area contributed by atoms with Gasteiger partial charge in [-0.2, -0.15) is 0 Å². The van der Waals surface area contributed by atoms with Gasteiger partial charge in [0.1, 0.15) is 5.82 Å². The predicted molar refractivity (Wildman–Crippen MR) is 98.7 cm³/mol. The first kappa shape index (κ1) is 17.4. The Morgan fingerprint density at radius 2 is 2.17 bits per heavy atom. The molecular formula is C19H27N3OS. The average molecular weight is 346 g/mol. The zero-order valence-electron chi connectivity index (χ0n) is 14.7. The Labute approximate surface area is 148 Å². The molecule has 5 heteroatoms. The molecule has 0 radical (unpaired) electrons. The van der Waals surface area contributed by atoms with E-state index < -0.39 is 0 Å². The molecule has 0 aromatic carbocycles. The second-order valence-electron chi connectivity index (χ2n) is 6.76. The number of aryl methyl sites for hydroxylation is 1. The minimum absolute atomic E-state index is 0.170. The van der Waals surface area contributed by atoms with Crippen LogP contribution in [-0.2, 0) is 13.1 Å². The molecule has 0 amide bonds. The molecule has 0 aliphatic carbocycles. The number of imidazole rings is 1. The number of rotatable bonds is 7. The summed E-state index contributed by atoms with van der Waals surface area (Å²) in [4.78, 5) is 19.4. The van der Waals surface area contributed by atoms with Crippen molar-refractivity contribution in [2.24, 2.45) is 0 Å². The summed E-state index contributed by atoms with van der Waals surface area (Å²) < 4.78 is 2.35. The summed E-state index contributed by atoms with van der Waals surface area (Å²) >= 11 is 1.56. The number of Topliss-reactive ketones (excluding diaryl/α,β-unsaturated/α-hetero) is 1. The molecule has 4 nitrogen and oxygen atoms in total. The summed E-state index contributed by atoms with van der Waals surface area (Å²) in [6, 6.07) is 2.05. The van der Waals surface area contributed by atoms with Crippen molar-refractivity contribution in [3.63, 3.8) is 0 Å². The van der Waals surface area contributed by atoms with Gasteiger partial charge < -0.3 is 4.57 Å². The summed E-state index contributed by atoms with van der Waals surface area (Å²) in [5.74, 6) is 2.03. The highest BCUT2D eigenvalue weighted by atomic mass is 32.1. The normalized spacial score (nSPS) is 16.6. The van der Waals surface area contributed by atoms with Gasteiger partial charge in [0.15, 0.2) is 5.78 Å². The molecule has 0 N–H and O–H groups in total. The van der Waals surface area contributed by atoms with Gasteiger partial charge in [-0.3, -0.25) is 9.69 Å². The fourth-order valence-corrected chi connectivity index (χ4v) is 4.26. The van der Waals surface area contributed by atoms with E-state index in [-0.39, 0.29) is 5.78 Å². The quantitative estimate of drug-likeness (QED) is 0.701. The topological polar surface area (TPSA) is 38.1 Å². The Bertz CT molecular complexity index is 668. The number of hydrogen-bond acceptors (Lipinski definition) is 4. The van der Waals surface area contributed by atoms with Gasteiger partial charge in [0, 0.05) is 31.4 Å². The van der Waals surface area contributed by atoms with Crippen molar-refractivity contribution in [1.82, 2.24) is 14.5 Å². The molecule has 0 atom stereocenters. The maximum atomic E-state index is 11.4. The van der Waals surface area contributed by atoms with Crippen LogP contribution in [0.2, 0.25) is 0 Å². The number of carbonyl (C=O) groups is 1. The van der Waals surface area contributed by atoms with Crippen LogP contribution in [0.3, 0.4) is 0 Å². The van der Waals surface area contributed by atoms with Crippen LogP contribution in [0.25, 0.3) is 0 Å². The molecule has 3 rings (SSSR count). The lowest BCUT2D eigenvalue weighted by molar-refractivity contribution is 0.102. The van der Waals surface area contributed by atoms with Gasteiger partial charge in [-0.15, -0.1) is 11.3 Å². The maximum absolute atomic E-state index is 11.4. The van der Waals surface area contributed by atoms with Crippen LogP contribution in [-0.4, -0.2) is 33.3 Å². The molecule has 1 aliphatic rings. The monoisotopic (exact) mass is 345 g/mol. The number of piperidine rings is 1. The Balaban J connectivity index is 1.54. The molecule has 1 saturated heterocycles. The second kappa shape index (κ2) is 8.08. The second-order valence-corrected chi connectivity index (χ2v) is 7.67. The van der Waals surface area contributed by atoms with Crippen molar-refractivity contribution >= 4 is 17.1 Å². The van der Waals surface area contributed by atoms with Gasteiger partial charge in [0.2, 0.25) is 0 Å². The molecule has 0 unspecified atom stereocenters. The third kappa shape index (κ3) is 4.14. The molecular weight excluding hydrogens is 318 g/mol. The van der Waals surface area contributed by atoms with Crippen LogP contribution in [0, 0.1) is 0 Å². The third-order valence-corrected chi connectivity index (χ3v) is 5.94. The van der Waals surface area contributed by atoms with Gasteiger partial charge in [0.05, 0.1) is 4.88 Å². The minimum atomic E-state index is 0.170. The van der Waals surface area contributed by atoms with Gasteiger partial charge in [0.25, 0.3) is 0 Å². The zero-order valence-corrected chi connectivity index (χ0v) is 15.5. The SMILES string of the molecule is CCCCn1ccnc1C1CCN(Cc2csc(C(C)=O)c2)CC1. The summed E-state index contributed by atoms with van der Waals surface area (Å²) in [6.07, 6.45) is 8.87. The van der Waals surface area contributed by atoms with Crippen molar-refractivity contribution in [2.45, 2.75) is 58.5 Å². The highest BCUT2D eigenvalue weighted by Crippen LogP contribution is 2.28. The van der Waals surface area contributed by atoms with E-state index in [0.717, 1.165) is 31.1 Å². The number of unbranched alkanes of at least 4 members (excludes halogenated alkanes) is 1. The van der Waals surface area contributed by atoms with E-state index in [0.29, 0.717) is 5.92 Å². The van der Waals surface area contributed by atoms with Crippen LogP contribution in [0.15, 0.2) is 23.8 Å². The molecule has 0 spiro atoms. The van der Waals surface area contributed by atoms with Crippen LogP contribution in [0.4, 0.5) is 0 Å². The first-order valence-corrected chi connectivity index (χ1v) is 9.87. The molecule has 1 fully saturated rings. The van der Waals surface area contributed by atoms with Crippen molar-refractivity contribution in [3.05, 3.63) is 40.1 Å².